The Morgan fingerprint density at radius 3 is 2.44 bits per heavy atom. The Morgan fingerprint density at radius 1 is 0.938 bits per heavy atom. The van der Waals surface area contributed by atoms with Crippen molar-refractivity contribution in [1.82, 2.24) is 10.2 Å². The third kappa shape index (κ3) is 5.78. The first-order valence-electron chi connectivity index (χ1n) is 10.9. The SMILES string of the molecule is CCOc1ccc(CN(CC)C(=O)CCNC(=O)c2ccc3ccccc3c2)cc1OC. The van der Waals surface area contributed by atoms with E-state index in [1.807, 2.05) is 68.4 Å². The van der Waals surface area contributed by atoms with Gasteiger partial charge in [-0.05, 0) is 54.4 Å². The van der Waals surface area contributed by atoms with Crippen molar-refractivity contribution >= 4 is 22.6 Å². The van der Waals surface area contributed by atoms with Crippen LogP contribution in [0.25, 0.3) is 10.8 Å². The molecule has 0 aliphatic carbocycles. The fraction of sp³-hybridized carbons (Fsp3) is 0.308. The van der Waals surface area contributed by atoms with Crippen LogP contribution in [0.4, 0.5) is 0 Å². The molecular formula is C26H30N2O4. The topological polar surface area (TPSA) is 67.9 Å². The third-order valence-corrected chi connectivity index (χ3v) is 5.27. The lowest BCUT2D eigenvalue weighted by Crippen LogP contribution is -2.34. The molecule has 1 N–H and O–H groups in total. The summed E-state index contributed by atoms with van der Waals surface area (Å²) in [4.78, 5) is 27.0. The van der Waals surface area contributed by atoms with E-state index in [1.165, 1.54) is 0 Å². The largest absolute Gasteiger partial charge is 0.493 e. The van der Waals surface area contributed by atoms with Crippen molar-refractivity contribution in [2.75, 3.05) is 26.8 Å². The van der Waals surface area contributed by atoms with Gasteiger partial charge >= 0.3 is 0 Å². The zero-order valence-corrected chi connectivity index (χ0v) is 18.9. The minimum absolute atomic E-state index is 0.0147. The summed E-state index contributed by atoms with van der Waals surface area (Å²) < 4.78 is 10.9. The van der Waals surface area contributed by atoms with Crippen LogP contribution in [0.2, 0.25) is 0 Å². The summed E-state index contributed by atoms with van der Waals surface area (Å²) in [6, 6.07) is 19.2. The first-order valence-corrected chi connectivity index (χ1v) is 10.9. The maximum absolute atomic E-state index is 12.7. The van der Waals surface area contributed by atoms with E-state index in [0.29, 0.717) is 36.8 Å². The van der Waals surface area contributed by atoms with Crippen LogP contribution in [0, 0.1) is 0 Å². The van der Waals surface area contributed by atoms with Crippen LogP contribution in [0.3, 0.4) is 0 Å². The second-order valence-electron chi connectivity index (χ2n) is 7.39. The lowest BCUT2D eigenvalue weighted by Gasteiger charge is -2.22. The second kappa shape index (κ2) is 11.2. The number of fused-ring (bicyclic) bond motifs is 1. The van der Waals surface area contributed by atoms with Crippen molar-refractivity contribution in [2.45, 2.75) is 26.8 Å². The molecule has 0 heterocycles. The molecule has 168 valence electrons. The summed E-state index contributed by atoms with van der Waals surface area (Å²) in [6.45, 7) is 5.75. The Balaban J connectivity index is 1.55. The van der Waals surface area contributed by atoms with E-state index < -0.39 is 0 Å². The summed E-state index contributed by atoms with van der Waals surface area (Å²) in [6.07, 6.45) is 0.237. The van der Waals surface area contributed by atoms with Crippen LogP contribution in [0.5, 0.6) is 11.5 Å². The number of hydrogen-bond acceptors (Lipinski definition) is 4. The van der Waals surface area contributed by atoms with E-state index in [1.54, 1.807) is 18.1 Å². The molecule has 0 aliphatic rings. The molecular weight excluding hydrogens is 404 g/mol. The maximum Gasteiger partial charge on any atom is 0.251 e. The van der Waals surface area contributed by atoms with Gasteiger partial charge in [-0.25, -0.2) is 0 Å². The molecule has 0 spiro atoms. The predicted octanol–water partition coefficient (Wildman–Crippen LogP) is 4.42. The molecule has 6 nitrogen and oxygen atoms in total. The fourth-order valence-electron chi connectivity index (χ4n) is 3.56. The normalized spacial score (nSPS) is 10.6. The molecule has 0 aromatic heterocycles. The Hall–Kier alpha value is -3.54. The van der Waals surface area contributed by atoms with E-state index in [9.17, 15) is 9.59 Å². The molecule has 0 saturated heterocycles. The molecule has 0 unspecified atom stereocenters. The number of rotatable bonds is 10. The lowest BCUT2D eigenvalue weighted by atomic mass is 10.1. The van der Waals surface area contributed by atoms with E-state index in [4.69, 9.17) is 9.47 Å². The van der Waals surface area contributed by atoms with Gasteiger partial charge in [-0.3, -0.25) is 9.59 Å². The van der Waals surface area contributed by atoms with Crippen molar-refractivity contribution in [3.05, 3.63) is 71.8 Å². The zero-order chi connectivity index (χ0) is 22.9. The van der Waals surface area contributed by atoms with Gasteiger partial charge in [0.2, 0.25) is 5.91 Å². The van der Waals surface area contributed by atoms with Crippen molar-refractivity contribution in [2.24, 2.45) is 0 Å². The van der Waals surface area contributed by atoms with E-state index in [0.717, 1.165) is 16.3 Å². The quantitative estimate of drug-likeness (QED) is 0.513. The highest BCUT2D eigenvalue weighted by atomic mass is 16.5. The average molecular weight is 435 g/mol. The smallest absolute Gasteiger partial charge is 0.251 e. The van der Waals surface area contributed by atoms with Crippen LogP contribution in [-0.2, 0) is 11.3 Å². The molecule has 3 aromatic carbocycles. The van der Waals surface area contributed by atoms with Gasteiger partial charge in [0.1, 0.15) is 0 Å². The van der Waals surface area contributed by atoms with Crippen molar-refractivity contribution in [3.8, 4) is 11.5 Å². The number of hydrogen-bond donors (Lipinski definition) is 1. The van der Waals surface area contributed by atoms with Gasteiger partial charge in [0.25, 0.3) is 5.91 Å². The molecule has 2 amide bonds. The lowest BCUT2D eigenvalue weighted by molar-refractivity contribution is -0.131. The average Bonchev–Trinajstić information content (AvgIpc) is 2.82. The summed E-state index contributed by atoms with van der Waals surface area (Å²) in [7, 11) is 1.60. The van der Waals surface area contributed by atoms with Crippen molar-refractivity contribution < 1.29 is 19.1 Å². The van der Waals surface area contributed by atoms with E-state index >= 15 is 0 Å². The molecule has 6 heteroatoms. The molecule has 0 aliphatic heterocycles. The first kappa shape index (κ1) is 23.1. The molecule has 32 heavy (non-hydrogen) atoms. The Morgan fingerprint density at radius 2 is 1.72 bits per heavy atom. The Kier molecular flexibility index (Phi) is 8.08. The van der Waals surface area contributed by atoms with E-state index in [-0.39, 0.29) is 24.8 Å². The predicted molar refractivity (Wildman–Crippen MR) is 126 cm³/mol. The molecule has 3 aromatic rings. The zero-order valence-electron chi connectivity index (χ0n) is 18.9. The number of carbonyl (C=O) groups excluding carboxylic acids is 2. The first-order chi connectivity index (χ1) is 15.5. The van der Waals surface area contributed by atoms with Crippen LogP contribution in [0.1, 0.15) is 36.2 Å². The molecule has 0 fully saturated rings. The number of ether oxygens (including phenoxy) is 2. The highest BCUT2D eigenvalue weighted by molar-refractivity contribution is 5.98. The number of amides is 2. The summed E-state index contributed by atoms with van der Waals surface area (Å²) in [5.74, 6) is 1.14. The van der Waals surface area contributed by atoms with Crippen molar-refractivity contribution in [3.63, 3.8) is 0 Å². The Labute approximate surface area is 189 Å². The monoisotopic (exact) mass is 434 g/mol. The molecule has 0 radical (unpaired) electrons. The van der Waals surface area contributed by atoms with Crippen LogP contribution in [0.15, 0.2) is 60.7 Å². The highest BCUT2D eigenvalue weighted by Gasteiger charge is 2.15. The van der Waals surface area contributed by atoms with Crippen LogP contribution in [-0.4, -0.2) is 43.5 Å². The van der Waals surface area contributed by atoms with Crippen molar-refractivity contribution in [1.29, 1.82) is 0 Å². The summed E-state index contributed by atoms with van der Waals surface area (Å²) in [5.41, 5.74) is 1.55. The van der Waals surface area contributed by atoms with Crippen LogP contribution < -0.4 is 14.8 Å². The second-order valence-corrected chi connectivity index (χ2v) is 7.39. The van der Waals surface area contributed by atoms with Gasteiger partial charge in [-0.2, -0.15) is 0 Å². The van der Waals surface area contributed by atoms with Gasteiger partial charge in [-0.1, -0.05) is 36.4 Å². The summed E-state index contributed by atoms with van der Waals surface area (Å²) >= 11 is 0. The molecule has 0 bridgehead atoms. The van der Waals surface area contributed by atoms with Gasteiger partial charge < -0.3 is 19.7 Å². The molecule has 3 rings (SSSR count). The number of methoxy groups -OCH3 is 1. The van der Waals surface area contributed by atoms with Gasteiger partial charge in [-0.15, -0.1) is 0 Å². The molecule has 0 atom stereocenters. The minimum atomic E-state index is -0.178. The van der Waals surface area contributed by atoms with Gasteiger partial charge in [0.05, 0.1) is 13.7 Å². The summed E-state index contributed by atoms with van der Waals surface area (Å²) in [5, 5.41) is 4.95. The highest BCUT2D eigenvalue weighted by Crippen LogP contribution is 2.28. The van der Waals surface area contributed by atoms with Gasteiger partial charge in [0.15, 0.2) is 11.5 Å². The van der Waals surface area contributed by atoms with E-state index in [2.05, 4.69) is 5.32 Å². The Bertz CT molecular complexity index is 1080. The number of nitrogens with zero attached hydrogens (tertiary/aromatic N) is 1. The fourth-order valence-corrected chi connectivity index (χ4v) is 3.56. The number of carbonyl (C=O) groups is 2. The maximum atomic E-state index is 12.7. The standard InChI is InChI=1S/C26H30N2O4/c1-4-28(18-19-10-13-23(32-5-2)24(16-19)31-3)25(29)14-15-27-26(30)22-12-11-20-8-6-7-9-21(20)17-22/h6-13,16-17H,4-5,14-15,18H2,1-3H3,(H,27,30). The number of nitrogens with one attached hydrogen (secondary N) is 1. The minimum Gasteiger partial charge on any atom is -0.493 e. The molecule has 0 saturated carbocycles. The van der Waals surface area contributed by atoms with Crippen LogP contribution >= 0.6 is 0 Å². The number of benzene rings is 3. The third-order valence-electron chi connectivity index (χ3n) is 5.27. The van der Waals surface area contributed by atoms with Gasteiger partial charge in [0, 0.05) is 31.6 Å².